The molecule has 0 aliphatic rings. The predicted octanol–water partition coefficient (Wildman–Crippen LogP) is 10.7. The Hall–Kier alpha value is -6.46. The van der Waals surface area contributed by atoms with Crippen molar-refractivity contribution in [3.05, 3.63) is 158 Å². The highest BCUT2D eigenvalue weighted by Crippen LogP contribution is 2.40. The molecular weight excluding hydrogens is 576 g/mol. The summed E-state index contributed by atoms with van der Waals surface area (Å²) in [6.45, 7) is 0. The Morgan fingerprint density at radius 3 is 1.62 bits per heavy atom. The van der Waals surface area contributed by atoms with Crippen molar-refractivity contribution in [1.82, 2.24) is 19.9 Å². The second-order valence-electron chi connectivity index (χ2n) is 11.5. The minimum Gasteiger partial charge on any atom is -0.454 e. The molecule has 0 amide bonds. The van der Waals surface area contributed by atoms with Gasteiger partial charge in [0, 0.05) is 33.0 Å². The van der Waals surface area contributed by atoms with Gasteiger partial charge in [0.15, 0.2) is 23.1 Å². The molecule has 0 radical (unpaired) electrons. The molecule has 5 heteroatoms. The molecule has 0 aliphatic heterocycles. The molecule has 220 valence electrons. The number of aromatic nitrogens is 4. The summed E-state index contributed by atoms with van der Waals surface area (Å²) >= 11 is 0. The molecule has 0 fully saturated rings. The SMILES string of the molecule is c1ccc(-c2ccc(-c3nc(-c4ccccc4)nc(-c4cccc(-c5c6ccccc6nc6c5oc5ccccc56)c4)n3)cc2)cc1. The van der Waals surface area contributed by atoms with Crippen LogP contribution in [0.25, 0.3) is 89.4 Å². The lowest BCUT2D eigenvalue weighted by Gasteiger charge is -2.11. The highest BCUT2D eigenvalue weighted by atomic mass is 16.3. The third-order valence-electron chi connectivity index (χ3n) is 8.53. The molecule has 0 N–H and O–H groups in total. The van der Waals surface area contributed by atoms with Crippen LogP contribution in [0.4, 0.5) is 0 Å². The number of hydrogen-bond donors (Lipinski definition) is 0. The van der Waals surface area contributed by atoms with Crippen LogP contribution in [0, 0.1) is 0 Å². The van der Waals surface area contributed by atoms with E-state index in [1.54, 1.807) is 0 Å². The van der Waals surface area contributed by atoms with Crippen molar-refractivity contribution >= 4 is 33.0 Å². The number of benzene rings is 6. The molecule has 0 saturated carbocycles. The zero-order valence-electron chi connectivity index (χ0n) is 25.2. The second kappa shape index (κ2) is 11.2. The van der Waals surface area contributed by atoms with E-state index in [1.807, 2.05) is 66.7 Å². The third-order valence-corrected chi connectivity index (χ3v) is 8.53. The molecule has 3 heterocycles. The Labute approximate surface area is 270 Å². The molecule has 0 aliphatic carbocycles. The van der Waals surface area contributed by atoms with E-state index in [1.165, 1.54) is 5.56 Å². The van der Waals surface area contributed by atoms with Crippen molar-refractivity contribution in [2.24, 2.45) is 0 Å². The topological polar surface area (TPSA) is 64.7 Å². The predicted molar refractivity (Wildman–Crippen MR) is 190 cm³/mol. The summed E-state index contributed by atoms with van der Waals surface area (Å²) in [5, 5.41) is 2.02. The van der Waals surface area contributed by atoms with Crippen molar-refractivity contribution in [3.8, 4) is 56.4 Å². The van der Waals surface area contributed by atoms with Gasteiger partial charge >= 0.3 is 0 Å². The maximum absolute atomic E-state index is 6.48. The van der Waals surface area contributed by atoms with Gasteiger partial charge in [-0.05, 0) is 41.0 Å². The Kier molecular flexibility index (Phi) is 6.39. The maximum atomic E-state index is 6.48. The molecule has 47 heavy (non-hydrogen) atoms. The number of furan rings is 1. The maximum Gasteiger partial charge on any atom is 0.164 e. The standard InChI is InChI=1S/C42H26N4O/c1-3-12-27(13-4-1)28-22-24-30(25-23-28)41-44-40(29-14-5-2-6-15-29)45-42(46-41)32-17-11-16-31(26-32)37-33-18-7-9-20-35(33)43-38-34-19-8-10-21-36(34)47-39(37)38/h1-26H. The average molecular weight is 603 g/mol. The summed E-state index contributed by atoms with van der Waals surface area (Å²) in [5.74, 6) is 1.84. The van der Waals surface area contributed by atoms with Crippen LogP contribution >= 0.6 is 0 Å². The van der Waals surface area contributed by atoms with Crippen LogP contribution in [0.5, 0.6) is 0 Å². The smallest absolute Gasteiger partial charge is 0.164 e. The Morgan fingerprint density at radius 2 is 0.872 bits per heavy atom. The summed E-state index contributed by atoms with van der Waals surface area (Å²) in [5.41, 5.74) is 10.4. The van der Waals surface area contributed by atoms with Crippen molar-refractivity contribution < 1.29 is 4.42 Å². The van der Waals surface area contributed by atoms with Crippen LogP contribution in [0.15, 0.2) is 162 Å². The molecule has 5 nitrogen and oxygen atoms in total. The summed E-state index contributed by atoms with van der Waals surface area (Å²) < 4.78 is 6.48. The van der Waals surface area contributed by atoms with Crippen molar-refractivity contribution in [1.29, 1.82) is 0 Å². The van der Waals surface area contributed by atoms with Gasteiger partial charge in [-0.3, -0.25) is 0 Å². The molecule has 0 spiro atoms. The quantitative estimate of drug-likeness (QED) is 0.196. The number of fused-ring (bicyclic) bond motifs is 4. The Balaban J connectivity index is 1.22. The molecule has 3 aromatic heterocycles. The first kappa shape index (κ1) is 26.9. The van der Waals surface area contributed by atoms with Crippen molar-refractivity contribution in [2.45, 2.75) is 0 Å². The number of rotatable bonds is 5. The normalized spacial score (nSPS) is 11.4. The lowest BCUT2D eigenvalue weighted by molar-refractivity contribution is 0.670. The van der Waals surface area contributed by atoms with E-state index in [0.29, 0.717) is 17.5 Å². The highest BCUT2D eigenvalue weighted by Gasteiger charge is 2.19. The average Bonchev–Trinajstić information content (AvgIpc) is 3.52. The fraction of sp³-hybridized carbons (Fsp3) is 0. The van der Waals surface area contributed by atoms with Gasteiger partial charge in [-0.25, -0.2) is 19.9 Å². The second-order valence-corrected chi connectivity index (χ2v) is 11.5. The number of hydrogen-bond acceptors (Lipinski definition) is 5. The zero-order valence-corrected chi connectivity index (χ0v) is 25.2. The monoisotopic (exact) mass is 602 g/mol. The van der Waals surface area contributed by atoms with Crippen LogP contribution in [0.1, 0.15) is 0 Å². The first-order chi connectivity index (χ1) is 23.3. The van der Waals surface area contributed by atoms with Gasteiger partial charge in [0.05, 0.1) is 5.52 Å². The lowest BCUT2D eigenvalue weighted by atomic mass is 9.97. The molecular formula is C42H26N4O. The molecule has 0 saturated heterocycles. The van der Waals surface area contributed by atoms with Gasteiger partial charge in [-0.15, -0.1) is 0 Å². The lowest BCUT2D eigenvalue weighted by Crippen LogP contribution is -2.00. The minimum atomic E-state index is 0.599. The Morgan fingerprint density at radius 1 is 0.362 bits per heavy atom. The van der Waals surface area contributed by atoms with Gasteiger partial charge in [0.1, 0.15) is 11.1 Å². The molecule has 0 bridgehead atoms. The molecule has 0 unspecified atom stereocenters. The van der Waals surface area contributed by atoms with E-state index in [4.69, 9.17) is 24.4 Å². The first-order valence-corrected chi connectivity index (χ1v) is 15.6. The molecule has 9 rings (SSSR count). The van der Waals surface area contributed by atoms with Gasteiger partial charge in [0.2, 0.25) is 0 Å². The molecule has 9 aromatic rings. The number of nitrogens with zero attached hydrogens (tertiary/aromatic N) is 4. The van der Waals surface area contributed by atoms with Crippen LogP contribution in [0.3, 0.4) is 0 Å². The largest absolute Gasteiger partial charge is 0.454 e. The summed E-state index contributed by atoms with van der Waals surface area (Å²) in [4.78, 5) is 20.0. The van der Waals surface area contributed by atoms with Gasteiger partial charge in [-0.1, -0.05) is 133 Å². The van der Waals surface area contributed by atoms with E-state index in [0.717, 1.165) is 66.4 Å². The van der Waals surface area contributed by atoms with E-state index in [9.17, 15) is 0 Å². The van der Waals surface area contributed by atoms with Crippen molar-refractivity contribution in [3.63, 3.8) is 0 Å². The minimum absolute atomic E-state index is 0.599. The fourth-order valence-electron chi connectivity index (χ4n) is 6.23. The first-order valence-electron chi connectivity index (χ1n) is 15.6. The van der Waals surface area contributed by atoms with Crippen LogP contribution in [-0.2, 0) is 0 Å². The molecule has 6 aromatic carbocycles. The van der Waals surface area contributed by atoms with Crippen molar-refractivity contribution in [2.75, 3.05) is 0 Å². The number of pyridine rings is 1. The highest BCUT2D eigenvalue weighted by molar-refractivity contribution is 6.15. The van der Waals surface area contributed by atoms with Crippen LogP contribution in [-0.4, -0.2) is 19.9 Å². The van der Waals surface area contributed by atoms with E-state index in [-0.39, 0.29) is 0 Å². The van der Waals surface area contributed by atoms with E-state index >= 15 is 0 Å². The van der Waals surface area contributed by atoms with Gasteiger partial charge in [0.25, 0.3) is 0 Å². The van der Waals surface area contributed by atoms with Gasteiger partial charge in [-0.2, -0.15) is 0 Å². The summed E-state index contributed by atoms with van der Waals surface area (Å²) in [7, 11) is 0. The van der Waals surface area contributed by atoms with E-state index < -0.39 is 0 Å². The van der Waals surface area contributed by atoms with Crippen LogP contribution < -0.4 is 0 Å². The number of para-hydroxylation sites is 2. The zero-order chi connectivity index (χ0) is 31.2. The third kappa shape index (κ3) is 4.82. The van der Waals surface area contributed by atoms with E-state index in [2.05, 4.69) is 91.0 Å². The van der Waals surface area contributed by atoms with Crippen LogP contribution in [0.2, 0.25) is 0 Å². The fourth-order valence-corrected chi connectivity index (χ4v) is 6.23. The summed E-state index contributed by atoms with van der Waals surface area (Å²) in [6.07, 6.45) is 0. The van der Waals surface area contributed by atoms with Gasteiger partial charge < -0.3 is 4.42 Å². The Bertz CT molecular complexity index is 2560. The molecule has 0 atom stereocenters. The summed E-state index contributed by atoms with van der Waals surface area (Å²) in [6, 6.07) is 53.4.